The Kier molecular flexibility index (Phi) is 3.86. The van der Waals surface area contributed by atoms with Crippen molar-refractivity contribution in [3.05, 3.63) is 60.8 Å². The summed E-state index contributed by atoms with van der Waals surface area (Å²) in [7, 11) is 0. The van der Waals surface area contributed by atoms with E-state index in [9.17, 15) is 4.79 Å². The highest BCUT2D eigenvalue weighted by molar-refractivity contribution is 5.78. The van der Waals surface area contributed by atoms with Gasteiger partial charge in [-0.05, 0) is 24.3 Å². The predicted octanol–water partition coefficient (Wildman–Crippen LogP) is 1.62. The first kappa shape index (κ1) is 14.7. The van der Waals surface area contributed by atoms with Crippen LogP contribution < -0.4 is 4.90 Å². The van der Waals surface area contributed by atoms with Crippen LogP contribution in [0.4, 0.5) is 5.69 Å². The van der Waals surface area contributed by atoms with Gasteiger partial charge in [0.05, 0.1) is 12.1 Å². The number of pyridine rings is 2. The minimum Gasteiger partial charge on any atom is -0.368 e. The van der Waals surface area contributed by atoms with Gasteiger partial charge in [0, 0.05) is 56.7 Å². The Labute approximate surface area is 140 Å². The molecule has 3 aromatic rings. The largest absolute Gasteiger partial charge is 0.368 e. The maximum Gasteiger partial charge on any atom is 0.228 e. The van der Waals surface area contributed by atoms with Crippen molar-refractivity contribution >= 4 is 17.2 Å². The van der Waals surface area contributed by atoms with Crippen LogP contribution in [0.2, 0.25) is 0 Å². The third-order valence-electron chi connectivity index (χ3n) is 4.41. The summed E-state index contributed by atoms with van der Waals surface area (Å²) < 4.78 is 1.95. The maximum absolute atomic E-state index is 12.5. The zero-order chi connectivity index (χ0) is 16.4. The van der Waals surface area contributed by atoms with E-state index in [0.717, 1.165) is 43.2 Å². The predicted molar refractivity (Wildman–Crippen MR) is 91.9 cm³/mol. The summed E-state index contributed by atoms with van der Waals surface area (Å²) in [6.45, 7) is 3.19. The molecule has 0 spiro atoms. The number of rotatable bonds is 3. The fraction of sp³-hybridized carbons (Fsp3) is 0.278. The van der Waals surface area contributed by atoms with E-state index >= 15 is 0 Å². The molecule has 3 aromatic heterocycles. The van der Waals surface area contributed by atoms with Crippen molar-refractivity contribution in [2.75, 3.05) is 31.1 Å². The number of hydrogen-bond donors (Lipinski definition) is 0. The molecule has 122 valence electrons. The quantitative estimate of drug-likeness (QED) is 0.736. The molecular formula is C18H19N5O. The smallest absolute Gasteiger partial charge is 0.228 e. The van der Waals surface area contributed by atoms with Crippen LogP contribution in [-0.2, 0) is 11.2 Å². The van der Waals surface area contributed by atoms with Gasteiger partial charge in [-0.25, -0.2) is 4.98 Å². The molecule has 0 aromatic carbocycles. The van der Waals surface area contributed by atoms with Gasteiger partial charge >= 0.3 is 0 Å². The molecule has 1 aliphatic rings. The molecule has 1 fully saturated rings. The number of fused-ring (bicyclic) bond motifs is 1. The van der Waals surface area contributed by atoms with Crippen molar-refractivity contribution < 1.29 is 4.79 Å². The zero-order valence-electron chi connectivity index (χ0n) is 13.4. The Bertz CT molecular complexity index is 804. The molecule has 1 aliphatic heterocycles. The number of aromatic nitrogens is 3. The summed E-state index contributed by atoms with van der Waals surface area (Å²) in [5.74, 6) is 0.146. The van der Waals surface area contributed by atoms with Gasteiger partial charge < -0.3 is 14.2 Å². The molecule has 0 radical (unpaired) electrons. The molecule has 0 atom stereocenters. The van der Waals surface area contributed by atoms with Gasteiger partial charge in [0.1, 0.15) is 5.65 Å². The number of carbonyl (C=O) groups is 1. The van der Waals surface area contributed by atoms with E-state index in [-0.39, 0.29) is 5.91 Å². The molecule has 0 saturated carbocycles. The van der Waals surface area contributed by atoms with E-state index in [1.54, 1.807) is 12.4 Å². The fourth-order valence-corrected chi connectivity index (χ4v) is 3.11. The lowest BCUT2D eigenvalue weighted by atomic mass is 10.2. The summed E-state index contributed by atoms with van der Waals surface area (Å²) in [6, 6.07) is 9.87. The van der Waals surface area contributed by atoms with E-state index in [1.165, 1.54) is 0 Å². The summed E-state index contributed by atoms with van der Waals surface area (Å²) in [4.78, 5) is 25.3. The van der Waals surface area contributed by atoms with Gasteiger partial charge in [-0.1, -0.05) is 6.07 Å². The average Bonchev–Trinajstić information content (AvgIpc) is 3.05. The van der Waals surface area contributed by atoms with E-state index in [1.807, 2.05) is 52.0 Å². The van der Waals surface area contributed by atoms with Gasteiger partial charge in [0.25, 0.3) is 0 Å². The van der Waals surface area contributed by atoms with E-state index in [0.29, 0.717) is 6.42 Å². The number of nitrogens with zero attached hydrogens (tertiary/aromatic N) is 5. The van der Waals surface area contributed by atoms with Crippen molar-refractivity contribution in [3.8, 4) is 0 Å². The second-order valence-corrected chi connectivity index (χ2v) is 5.95. The average molecular weight is 321 g/mol. The SMILES string of the molecule is O=C(Cc1cn2ccccc2n1)N1CCN(c2ccncc2)CC1. The first-order chi connectivity index (χ1) is 11.8. The zero-order valence-corrected chi connectivity index (χ0v) is 13.4. The number of hydrogen-bond acceptors (Lipinski definition) is 4. The lowest BCUT2D eigenvalue weighted by molar-refractivity contribution is -0.130. The standard InChI is InChI=1S/C18H19N5O/c24-18(13-15-14-23-8-2-1-3-17(23)20-15)22-11-9-21(10-12-22)16-4-6-19-7-5-16/h1-8,14H,9-13H2. The Morgan fingerprint density at radius 3 is 2.58 bits per heavy atom. The first-order valence-electron chi connectivity index (χ1n) is 8.15. The lowest BCUT2D eigenvalue weighted by Crippen LogP contribution is -2.49. The third kappa shape index (κ3) is 2.95. The third-order valence-corrected chi connectivity index (χ3v) is 4.41. The Hall–Kier alpha value is -2.89. The highest BCUT2D eigenvalue weighted by Crippen LogP contribution is 2.15. The molecule has 4 heterocycles. The minimum absolute atomic E-state index is 0.146. The van der Waals surface area contributed by atoms with Gasteiger partial charge in [-0.2, -0.15) is 0 Å². The Morgan fingerprint density at radius 1 is 1.04 bits per heavy atom. The summed E-state index contributed by atoms with van der Waals surface area (Å²) in [5.41, 5.74) is 2.86. The highest BCUT2D eigenvalue weighted by atomic mass is 16.2. The van der Waals surface area contributed by atoms with Crippen molar-refractivity contribution in [2.45, 2.75) is 6.42 Å². The van der Waals surface area contributed by atoms with E-state index < -0.39 is 0 Å². The molecule has 0 aliphatic carbocycles. The monoisotopic (exact) mass is 321 g/mol. The van der Waals surface area contributed by atoms with Crippen LogP contribution in [0.1, 0.15) is 5.69 Å². The van der Waals surface area contributed by atoms with Gasteiger partial charge in [0.15, 0.2) is 0 Å². The molecule has 24 heavy (non-hydrogen) atoms. The molecule has 4 rings (SSSR count). The summed E-state index contributed by atoms with van der Waals surface area (Å²) >= 11 is 0. The second kappa shape index (κ2) is 6.31. The van der Waals surface area contributed by atoms with Crippen LogP contribution in [0, 0.1) is 0 Å². The highest BCUT2D eigenvalue weighted by Gasteiger charge is 2.22. The normalized spacial score (nSPS) is 15.0. The van der Waals surface area contributed by atoms with Crippen LogP contribution in [-0.4, -0.2) is 51.4 Å². The topological polar surface area (TPSA) is 53.7 Å². The van der Waals surface area contributed by atoms with Crippen molar-refractivity contribution in [3.63, 3.8) is 0 Å². The summed E-state index contributed by atoms with van der Waals surface area (Å²) in [6.07, 6.45) is 7.84. The molecule has 0 unspecified atom stereocenters. The van der Waals surface area contributed by atoms with Gasteiger partial charge in [0.2, 0.25) is 5.91 Å². The molecule has 1 amide bonds. The molecule has 0 bridgehead atoms. The summed E-state index contributed by atoms with van der Waals surface area (Å²) in [5, 5.41) is 0. The van der Waals surface area contributed by atoms with Crippen LogP contribution >= 0.6 is 0 Å². The lowest BCUT2D eigenvalue weighted by Gasteiger charge is -2.36. The Morgan fingerprint density at radius 2 is 1.83 bits per heavy atom. The van der Waals surface area contributed by atoms with Crippen LogP contribution in [0.15, 0.2) is 55.1 Å². The molecule has 1 saturated heterocycles. The minimum atomic E-state index is 0.146. The number of carbonyl (C=O) groups excluding carboxylic acids is 1. The van der Waals surface area contributed by atoms with Crippen LogP contribution in [0.5, 0.6) is 0 Å². The van der Waals surface area contributed by atoms with Crippen molar-refractivity contribution in [1.82, 2.24) is 19.3 Å². The number of amides is 1. The van der Waals surface area contributed by atoms with Gasteiger partial charge in [-0.15, -0.1) is 0 Å². The van der Waals surface area contributed by atoms with E-state index in [4.69, 9.17) is 0 Å². The molecular weight excluding hydrogens is 302 g/mol. The van der Waals surface area contributed by atoms with E-state index in [2.05, 4.69) is 14.9 Å². The first-order valence-corrected chi connectivity index (χ1v) is 8.15. The van der Waals surface area contributed by atoms with Crippen LogP contribution in [0.3, 0.4) is 0 Å². The Balaban J connectivity index is 1.37. The second-order valence-electron chi connectivity index (χ2n) is 5.95. The molecule has 6 nitrogen and oxygen atoms in total. The van der Waals surface area contributed by atoms with Crippen molar-refractivity contribution in [2.24, 2.45) is 0 Å². The fourth-order valence-electron chi connectivity index (χ4n) is 3.11. The van der Waals surface area contributed by atoms with Gasteiger partial charge in [-0.3, -0.25) is 9.78 Å². The maximum atomic E-state index is 12.5. The molecule has 0 N–H and O–H groups in total. The van der Waals surface area contributed by atoms with Crippen molar-refractivity contribution in [1.29, 1.82) is 0 Å². The number of anilines is 1. The number of imidazole rings is 1. The van der Waals surface area contributed by atoms with Crippen LogP contribution in [0.25, 0.3) is 5.65 Å². The number of piperazine rings is 1. The molecule has 6 heteroatoms.